The first-order valence-electron chi connectivity index (χ1n) is 5.21. The Kier molecular flexibility index (Phi) is 2.78. The van der Waals surface area contributed by atoms with Gasteiger partial charge in [-0.25, -0.2) is 0 Å². The van der Waals surface area contributed by atoms with Crippen LogP contribution in [0.3, 0.4) is 0 Å². The molecule has 17 heavy (non-hydrogen) atoms. The molecule has 4 heteroatoms. The average Bonchev–Trinajstić information content (AvgIpc) is 2.28. The smallest absolute Gasteiger partial charge is 0.280 e. The van der Waals surface area contributed by atoms with Crippen LogP contribution in [0.5, 0.6) is 0 Å². The summed E-state index contributed by atoms with van der Waals surface area (Å²) in [5.74, 6) is -0.643. The predicted octanol–water partition coefficient (Wildman–Crippen LogP) is 1.56. The first-order chi connectivity index (χ1) is 8.08. The molecule has 0 unspecified atom stereocenters. The van der Waals surface area contributed by atoms with Gasteiger partial charge < -0.3 is 11.5 Å². The van der Waals surface area contributed by atoms with Crippen molar-refractivity contribution in [3.05, 3.63) is 47.5 Å². The average molecular weight is 227 g/mol. The van der Waals surface area contributed by atoms with Crippen LogP contribution in [-0.2, 0) is 0 Å². The van der Waals surface area contributed by atoms with E-state index in [0.717, 1.165) is 16.3 Å². The second-order valence-corrected chi connectivity index (χ2v) is 3.85. The summed E-state index contributed by atoms with van der Waals surface area (Å²) in [5, 5.41) is 2.12. The highest BCUT2D eigenvalue weighted by molar-refractivity contribution is 6.04. The molecule has 0 heterocycles. The maximum Gasteiger partial charge on any atom is 0.280 e. The second kappa shape index (κ2) is 4.25. The summed E-state index contributed by atoms with van der Waals surface area (Å²) < 4.78 is 0. The summed E-state index contributed by atoms with van der Waals surface area (Å²) in [6.07, 6.45) is 0. The zero-order chi connectivity index (χ0) is 12.4. The Hall–Kier alpha value is -2.36. The number of fused-ring (bicyclic) bond motifs is 1. The molecule has 0 bridgehead atoms. The number of hydrogen-bond donors (Lipinski definition) is 2. The fourth-order valence-electron chi connectivity index (χ4n) is 1.74. The Morgan fingerprint density at radius 3 is 2.65 bits per heavy atom. The Morgan fingerprint density at radius 1 is 1.18 bits per heavy atom. The van der Waals surface area contributed by atoms with Crippen molar-refractivity contribution in [2.45, 2.75) is 6.92 Å². The van der Waals surface area contributed by atoms with Crippen LogP contribution in [0.15, 0.2) is 41.4 Å². The molecule has 2 rings (SSSR count). The summed E-state index contributed by atoms with van der Waals surface area (Å²) in [4.78, 5) is 15.2. The summed E-state index contributed by atoms with van der Waals surface area (Å²) >= 11 is 0. The predicted molar refractivity (Wildman–Crippen MR) is 68.8 cm³/mol. The van der Waals surface area contributed by atoms with Crippen LogP contribution in [0.2, 0.25) is 0 Å². The summed E-state index contributed by atoms with van der Waals surface area (Å²) in [5.41, 5.74) is 12.0. The molecular weight excluding hydrogens is 214 g/mol. The standard InChI is InChI=1S/C13H13N3O/c1-8-3-2-4-9-5-6-10(7-11(8)9)12(17)16-13(14)15/h2-7H,1H3,(H4,14,15,16,17). The zero-order valence-corrected chi connectivity index (χ0v) is 9.47. The minimum atomic E-state index is -0.421. The van der Waals surface area contributed by atoms with Crippen molar-refractivity contribution in [2.24, 2.45) is 16.5 Å². The van der Waals surface area contributed by atoms with Crippen molar-refractivity contribution >= 4 is 22.6 Å². The highest BCUT2D eigenvalue weighted by atomic mass is 16.1. The van der Waals surface area contributed by atoms with Crippen LogP contribution in [0.1, 0.15) is 15.9 Å². The third-order valence-electron chi connectivity index (χ3n) is 2.58. The van der Waals surface area contributed by atoms with Gasteiger partial charge in [0.05, 0.1) is 0 Å². The number of nitrogens with two attached hydrogens (primary N) is 2. The first-order valence-corrected chi connectivity index (χ1v) is 5.21. The van der Waals surface area contributed by atoms with E-state index in [0.29, 0.717) is 5.56 Å². The van der Waals surface area contributed by atoms with Gasteiger partial charge in [0.1, 0.15) is 0 Å². The maximum atomic E-state index is 11.7. The number of aryl methyl sites for hydroxylation is 1. The van der Waals surface area contributed by atoms with Gasteiger partial charge >= 0.3 is 0 Å². The van der Waals surface area contributed by atoms with Crippen LogP contribution in [0, 0.1) is 6.92 Å². The van der Waals surface area contributed by atoms with E-state index in [1.165, 1.54) is 0 Å². The number of benzene rings is 2. The first kappa shape index (κ1) is 11.1. The van der Waals surface area contributed by atoms with Gasteiger partial charge in [0.2, 0.25) is 0 Å². The molecule has 0 aromatic heterocycles. The number of aliphatic imine (C=N–C) groups is 1. The molecule has 0 aliphatic rings. The summed E-state index contributed by atoms with van der Waals surface area (Å²) in [6.45, 7) is 2.00. The van der Waals surface area contributed by atoms with Crippen LogP contribution in [0.4, 0.5) is 0 Å². The van der Waals surface area contributed by atoms with Crippen molar-refractivity contribution in [3.63, 3.8) is 0 Å². The lowest BCUT2D eigenvalue weighted by molar-refractivity contribution is 0.100. The lowest BCUT2D eigenvalue weighted by Gasteiger charge is -2.03. The molecule has 0 aliphatic carbocycles. The van der Waals surface area contributed by atoms with Gasteiger partial charge in [-0.2, -0.15) is 4.99 Å². The lowest BCUT2D eigenvalue weighted by atomic mass is 10.0. The molecule has 4 N–H and O–H groups in total. The Labute approximate surface area is 98.9 Å². The quantitative estimate of drug-likeness (QED) is 0.573. The monoisotopic (exact) mass is 227 g/mol. The fraction of sp³-hybridized carbons (Fsp3) is 0.0769. The van der Waals surface area contributed by atoms with Crippen LogP contribution in [0.25, 0.3) is 10.8 Å². The van der Waals surface area contributed by atoms with Crippen LogP contribution >= 0.6 is 0 Å². The molecule has 0 saturated carbocycles. The molecule has 4 nitrogen and oxygen atoms in total. The molecule has 0 atom stereocenters. The van der Waals surface area contributed by atoms with Gasteiger partial charge in [-0.1, -0.05) is 24.3 Å². The van der Waals surface area contributed by atoms with Gasteiger partial charge in [0.25, 0.3) is 5.91 Å². The number of amides is 1. The Bertz CT molecular complexity index is 613. The van der Waals surface area contributed by atoms with E-state index in [2.05, 4.69) is 4.99 Å². The van der Waals surface area contributed by atoms with Crippen molar-refractivity contribution < 1.29 is 4.79 Å². The normalized spacial score (nSPS) is 10.2. The summed E-state index contributed by atoms with van der Waals surface area (Å²) in [6, 6.07) is 11.4. The molecule has 0 aliphatic heterocycles. The van der Waals surface area contributed by atoms with Crippen molar-refractivity contribution in [1.29, 1.82) is 0 Å². The van der Waals surface area contributed by atoms with Gasteiger partial charge in [0, 0.05) is 5.56 Å². The number of carbonyl (C=O) groups excluding carboxylic acids is 1. The SMILES string of the molecule is Cc1cccc2ccc(C(=O)N=C(N)N)cc12. The minimum Gasteiger partial charge on any atom is -0.370 e. The molecule has 2 aromatic rings. The largest absolute Gasteiger partial charge is 0.370 e. The molecule has 2 aromatic carbocycles. The third kappa shape index (κ3) is 2.25. The Morgan fingerprint density at radius 2 is 1.94 bits per heavy atom. The highest BCUT2D eigenvalue weighted by Gasteiger charge is 2.06. The third-order valence-corrected chi connectivity index (χ3v) is 2.58. The molecule has 1 amide bonds. The van der Waals surface area contributed by atoms with E-state index in [-0.39, 0.29) is 5.96 Å². The number of hydrogen-bond acceptors (Lipinski definition) is 1. The Balaban J connectivity index is 2.55. The molecule has 0 spiro atoms. The number of guanidine groups is 1. The molecule has 86 valence electrons. The lowest BCUT2D eigenvalue weighted by Crippen LogP contribution is -2.24. The van der Waals surface area contributed by atoms with Crippen molar-refractivity contribution in [1.82, 2.24) is 0 Å². The number of carbonyl (C=O) groups is 1. The second-order valence-electron chi connectivity index (χ2n) is 3.85. The molecular formula is C13H13N3O. The molecule has 0 radical (unpaired) electrons. The van der Waals surface area contributed by atoms with E-state index in [9.17, 15) is 4.79 Å². The van der Waals surface area contributed by atoms with Crippen molar-refractivity contribution in [2.75, 3.05) is 0 Å². The number of rotatable bonds is 1. The maximum absolute atomic E-state index is 11.7. The van der Waals surface area contributed by atoms with E-state index in [4.69, 9.17) is 11.5 Å². The van der Waals surface area contributed by atoms with Crippen LogP contribution < -0.4 is 11.5 Å². The minimum absolute atomic E-state index is 0.222. The van der Waals surface area contributed by atoms with E-state index < -0.39 is 5.91 Å². The van der Waals surface area contributed by atoms with Gasteiger partial charge in [-0.05, 0) is 35.4 Å². The van der Waals surface area contributed by atoms with E-state index in [1.54, 1.807) is 12.1 Å². The molecule has 0 saturated heterocycles. The van der Waals surface area contributed by atoms with Crippen LogP contribution in [-0.4, -0.2) is 11.9 Å². The van der Waals surface area contributed by atoms with E-state index in [1.807, 2.05) is 31.2 Å². The summed E-state index contributed by atoms with van der Waals surface area (Å²) in [7, 11) is 0. The van der Waals surface area contributed by atoms with E-state index >= 15 is 0 Å². The van der Waals surface area contributed by atoms with Gasteiger partial charge in [0.15, 0.2) is 5.96 Å². The highest BCUT2D eigenvalue weighted by Crippen LogP contribution is 2.20. The molecule has 0 fully saturated rings. The zero-order valence-electron chi connectivity index (χ0n) is 9.47. The van der Waals surface area contributed by atoms with Gasteiger partial charge in [-0.3, -0.25) is 4.79 Å². The fourth-order valence-corrected chi connectivity index (χ4v) is 1.74. The topological polar surface area (TPSA) is 81.5 Å². The van der Waals surface area contributed by atoms with Gasteiger partial charge in [-0.15, -0.1) is 0 Å². The number of nitrogens with zero attached hydrogens (tertiary/aromatic N) is 1. The van der Waals surface area contributed by atoms with Crippen molar-refractivity contribution in [3.8, 4) is 0 Å².